The average molecular weight is 225 g/mol. The van der Waals surface area contributed by atoms with Crippen LogP contribution in [0.25, 0.3) is 0 Å². The van der Waals surface area contributed by atoms with Gasteiger partial charge in [-0.25, -0.2) is 0 Å². The van der Waals surface area contributed by atoms with E-state index >= 15 is 0 Å². The van der Waals surface area contributed by atoms with Crippen LogP contribution in [0.1, 0.15) is 25.7 Å². The number of hydrogen-bond acceptors (Lipinski definition) is 2. The monoisotopic (exact) mass is 224 g/mol. The molecule has 2 nitrogen and oxygen atoms in total. The Kier molecular flexibility index (Phi) is 2.96. The van der Waals surface area contributed by atoms with Crippen molar-refractivity contribution in [2.45, 2.75) is 31.3 Å². The van der Waals surface area contributed by atoms with Gasteiger partial charge in [0, 0.05) is 0 Å². The minimum absolute atomic E-state index is 0.371. The molecule has 0 N–H and O–H groups in total. The molecule has 0 atom stereocenters. The largest absolute Gasteiger partial charge is 0.478 e. The number of para-hydroxylation sites is 1. The van der Waals surface area contributed by atoms with E-state index in [1.54, 1.807) is 0 Å². The number of rotatable bonds is 3. The predicted octanol–water partition coefficient (Wildman–Crippen LogP) is 3.14. The first-order valence-electron chi connectivity index (χ1n) is 5.17. The lowest BCUT2D eigenvalue weighted by atomic mass is 10.0. The zero-order valence-corrected chi connectivity index (χ0v) is 9.17. The molecule has 80 valence electrons. The van der Waals surface area contributed by atoms with E-state index in [-0.39, 0.29) is 5.24 Å². The number of carbonyl (C=O) groups is 1. The zero-order chi connectivity index (χ0) is 10.7. The van der Waals surface area contributed by atoms with Crippen molar-refractivity contribution >= 4 is 16.8 Å². The molecule has 0 heterocycles. The molecular formula is C12H13ClO2. The maximum atomic E-state index is 11.4. The van der Waals surface area contributed by atoms with E-state index in [1.165, 1.54) is 0 Å². The van der Waals surface area contributed by atoms with Gasteiger partial charge < -0.3 is 4.74 Å². The van der Waals surface area contributed by atoms with E-state index in [2.05, 4.69) is 0 Å². The highest BCUT2D eigenvalue weighted by molar-refractivity contribution is 6.65. The first kappa shape index (κ1) is 10.5. The van der Waals surface area contributed by atoms with Gasteiger partial charge in [0.25, 0.3) is 5.24 Å². The highest BCUT2D eigenvalue weighted by atomic mass is 35.5. The van der Waals surface area contributed by atoms with Crippen LogP contribution < -0.4 is 4.74 Å². The second-order valence-corrected chi connectivity index (χ2v) is 4.23. The van der Waals surface area contributed by atoms with Gasteiger partial charge in [0.15, 0.2) is 5.60 Å². The second kappa shape index (κ2) is 4.23. The van der Waals surface area contributed by atoms with Gasteiger partial charge in [-0.1, -0.05) is 18.2 Å². The Bertz CT molecular complexity index is 342. The third-order valence-corrected chi connectivity index (χ3v) is 3.17. The summed E-state index contributed by atoms with van der Waals surface area (Å²) >= 11 is 5.63. The van der Waals surface area contributed by atoms with Crippen molar-refractivity contribution in [2.75, 3.05) is 0 Å². The lowest BCUT2D eigenvalue weighted by Gasteiger charge is -2.25. The molecule has 1 aliphatic carbocycles. The molecule has 0 aromatic heterocycles. The number of carbonyl (C=O) groups excluding carboxylic acids is 1. The summed E-state index contributed by atoms with van der Waals surface area (Å²) in [7, 11) is 0. The van der Waals surface area contributed by atoms with Crippen LogP contribution in [0.4, 0.5) is 0 Å². The fourth-order valence-electron chi connectivity index (χ4n) is 2.00. The maximum Gasteiger partial charge on any atom is 0.265 e. The van der Waals surface area contributed by atoms with Crippen molar-refractivity contribution < 1.29 is 9.53 Å². The van der Waals surface area contributed by atoms with Crippen LogP contribution in [0.5, 0.6) is 5.75 Å². The van der Waals surface area contributed by atoms with Gasteiger partial charge in [0.1, 0.15) is 5.75 Å². The Labute approximate surface area is 94.2 Å². The molecule has 3 heteroatoms. The smallest absolute Gasteiger partial charge is 0.265 e. The van der Waals surface area contributed by atoms with E-state index in [0.29, 0.717) is 5.75 Å². The third kappa shape index (κ3) is 2.15. The second-order valence-electron chi connectivity index (χ2n) is 3.89. The molecular weight excluding hydrogens is 212 g/mol. The molecule has 1 aliphatic rings. The molecule has 0 unspecified atom stereocenters. The summed E-state index contributed by atoms with van der Waals surface area (Å²) in [6, 6.07) is 9.38. The van der Waals surface area contributed by atoms with Crippen LogP contribution in [0.15, 0.2) is 30.3 Å². The van der Waals surface area contributed by atoms with E-state index in [9.17, 15) is 4.79 Å². The molecule has 15 heavy (non-hydrogen) atoms. The van der Waals surface area contributed by atoms with Gasteiger partial charge in [-0.05, 0) is 49.4 Å². The minimum atomic E-state index is -0.775. The van der Waals surface area contributed by atoms with Crippen molar-refractivity contribution in [1.29, 1.82) is 0 Å². The highest BCUT2D eigenvalue weighted by Crippen LogP contribution is 2.36. The van der Waals surface area contributed by atoms with E-state index in [0.717, 1.165) is 25.7 Å². The van der Waals surface area contributed by atoms with Crippen LogP contribution in [0, 0.1) is 0 Å². The Hall–Kier alpha value is -1.02. The van der Waals surface area contributed by atoms with Crippen molar-refractivity contribution in [3.05, 3.63) is 30.3 Å². The highest BCUT2D eigenvalue weighted by Gasteiger charge is 2.42. The fraction of sp³-hybridized carbons (Fsp3) is 0.417. The number of hydrogen-bond donors (Lipinski definition) is 0. The van der Waals surface area contributed by atoms with Gasteiger partial charge >= 0.3 is 0 Å². The molecule has 1 fully saturated rings. The van der Waals surface area contributed by atoms with E-state index < -0.39 is 5.60 Å². The third-order valence-electron chi connectivity index (χ3n) is 2.83. The normalized spacial score (nSPS) is 18.7. The summed E-state index contributed by atoms with van der Waals surface area (Å²) in [6.45, 7) is 0. The lowest BCUT2D eigenvalue weighted by Crippen LogP contribution is -2.39. The Morgan fingerprint density at radius 2 is 1.80 bits per heavy atom. The summed E-state index contributed by atoms with van der Waals surface area (Å²) in [6.07, 6.45) is 3.46. The van der Waals surface area contributed by atoms with E-state index in [4.69, 9.17) is 16.3 Å². The molecule has 1 aromatic rings. The Balaban J connectivity index is 2.18. The SMILES string of the molecule is O=C(Cl)C1(Oc2ccccc2)CCCC1. The van der Waals surface area contributed by atoms with Crippen LogP contribution in [0.2, 0.25) is 0 Å². The summed E-state index contributed by atoms with van der Waals surface area (Å²) in [5.41, 5.74) is -0.775. The standard InChI is InChI=1S/C12H13ClO2/c13-11(14)12(8-4-5-9-12)15-10-6-2-1-3-7-10/h1-3,6-7H,4-5,8-9H2. The molecule has 0 bridgehead atoms. The summed E-state index contributed by atoms with van der Waals surface area (Å²) in [4.78, 5) is 11.4. The first-order valence-corrected chi connectivity index (χ1v) is 5.55. The lowest BCUT2D eigenvalue weighted by molar-refractivity contribution is -0.125. The Morgan fingerprint density at radius 1 is 1.20 bits per heavy atom. The van der Waals surface area contributed by atoms with Crippen LogP contribution >= 0.6 is 11.6 Å². The summed E-state index contributed by atoms with van der Waals surface area (Å²) in [5, 5.41) is -0.371. The molecule has 0 aliphatic heterocycles. The van der Waals surface area contributed by atoms with Crippen molar-refractivity contribution in [3.8, 4) is 5.75 Å². The van der Waals surface area contributed by atoms with Gasteiger partial charge in [-0.2, -0.15) is 0 Å². The molecule has 0 radical (unpaired) electrons. The van der Waals surface area contributed by atoms with Gasteiger partial charge in [0.05, 0.1) is 0 Å². The van der Waals surface area contributed by atoms with Gasteiger partial charge in [0.2, 0.25) is 0 Å². The number of halogens is 1. The molecule has 0 saturated heterocycles. The molecule has 1 aromatic carbocycles. The predicted molar refractivity (Wildman–Crippen MR) is 59.1 cm³/mol. The molecule has 0 spiro atoms. The summed E-state index contributed by atoms with van der Waals surface area (Å²) in [5.74, 6) is 0.716. The fourth-order valence-corrected chi connectivity index (χ4v) is 2.23. The number of ether oxygens (including phenoxy) is 1. The number of benzene rings is 1. The van der Waals surface area contributed by atoms with Crippen molar-refractivity contribution in [2.24, 2.45) is 0 Å². The van der Waals surface area contributed by atoms with Crippen molar-refractivity contribution in [1.82, 2.24) is 0 Å². The average Bonchev–Trinajstić information content (AvgIpc) is 2.69. The maximum absolute atomic E-state index is 11.4. The molecule has 1 saturated carbocycles. The van der Waals surface area contributed by atoms with Gasteiger partial charge in [-0.3, -0.25) is 4.79 Å². The summed E-state index contributed by atoms with van der Waals surface area (Å²) < 4.78 is 5.74. The zero-order valence-electron chi connectivity index (χ0n) is 8.41. The first-order chi connectivity index (χ1) is 7.23. The van der Waals surface area contributed by atoms with Crippen LogP contribution in [-0.4, -0.2) is 10.8 Å². The van der Waals surface area contributed by atoms with E-state index in [1.807, 2.05) is 30.3 Å². The molecule has 2 rings (SSSR count). The van der Waals surface area contributed by atoms with Crippen LogP contribution in [0.3, 0.4) is 0 Å². The van der Waals surface area contributed by atoms with Crippen LogP contribution in [-0.2, 0) is 4.79 Å². The van der Waals surface area contributed by atoms with Gasteiger partial charge in [-0.15, -0.1) is 0 Å². The quantitative estimate of drug-likeness (QED) is 0.738. The topological polar surface area (TPSA) is 26.3 Å². The molecule has 0 amide bonds. The minimum Gasteiger partial charge on any atom is -0.478 e. The Morgan fingerprint density at radius 3 is 2.33 bits per heavy atom. The van der Waals surface area contributed by atoms with Crippen molar-refractivity contribution in [3.63, 3.8) is 0 Å².